The number of nitrogens with one attached hydrogen (secondary N) is 1. The smallest absolute Gasteiger partial charge is 0.277 e. The van der Waals surface area contributed by atoms with Gasteiger partial charge in [-0.05, 0) is 69.5 Å². The molecule has 0 radical (unpaired) electrons. The van der Waals surface area contributed by atoms with Gasteiger partial charge < -0.3 is 14.2 Å². The van der Waals surface area contributed by atoms with Crippen molar-refractivity contribution in [3.8, 4) is 17.2 Å². The Bertz CT molecular complexity index is 1160. The maximum absolute atomic E-state index is 12.0. The van der Waals surface area contributed by atoms with Gasteiger partial charge in [0.25, 0.3) is 5.91 Å². The lowest BCUT2D eigenvalue weighted by atomic mass is 10.2. The standard InChI is InChI=1S/C23H18BrCl3N2O4/c1-31-21-9-15(8-18(24)23(21)33-12-14-2-4-16(25)5-3-14)11-28-29-22(30)13-32-20-7-6-17(26)10-19(20)27/h2-11H,12-13H2,1H3,(H,29,30)/b28-11+. The second-order valence-electron chi connectivity index (χ2n) is 6.61. The zero-order chi connectivity index (χ0) is 23.8. The minimum absolute atomic E-state index is 0.261. The first-order chi connectivity index (χ1) is 15.9. The maximum atomic E-state index is 12.0. The summed E-state index contributed by atoms with van der Waals surface area (Å²) < 4.78 is 17.4. The van der Waals surface area contributed by atoms with Crippen LogP contribution in [0.3, 0.4) is 0 Å². The zero-order valence-corrected chi connectivity index (χ0v) is 21.1. The van der Waals surface area contributed by atoms with Gasteiger partial charge in [0.05, 0.1) is 22.8 Å². The minimum atomic E-state index is -0.453. The predicted octanol–water partition coefficient (Wildman–Crippen LogP) is 6.53. The molecular formula is C23H18BrCl3N2O4. The summed E-state index contributed by atoms with van der Waals surface area (Å²) in [5.41, 5.74) is 4.04. The third kappa shape index (κ3) is 7.54. The van der Waals surface area contributed by atoms with Crippen molar-refractivity contribution in [3.05, 3.63) is 85.3 Å². The Morgan fingerprint density at radius 2 is 1.73 bits per heavy atom. The molecule has 0 fully saturated rings. The van der Waals surface area contributed by atoms with E-state index in [9.17, 15) is 4.79 Å². The van der Waals surface area contributed by atoms with Crippen LogP contribution in [-0.2, 0) is 11.4 Å². The van der Waals surface area contributed by atoms with Crippen molar-refractivity contribution in [1.29, 1.82) is 0 Å². The topological polar surface area (TPSA) is 69.2 Å². The highest BCUT2D eigenvalue weighted by molar-refractivity contribution is 9.10. The summed E-state index contributed by atoms with van der Waals surface area (Å²) in [5.74, 6) is 0.947. The van der Waals surface area contributed by atoms with E-state index < -0.39 is 5.91 Å². The molecule has 0 spiro atoms. The monoisotopic (exact) mass is 570 g/mol. The Kier molecular flexibility index (Phi) is 9.26. The normalized spacial score (nSPS) is 10.8. The van der Waals surface area contributed by atoms with Gasteiger partial charge in [-0.25, -0.2) is 5.43 Å². The average Bonchev–Trinajstić information content (AvgIpc) is 2.78. The third-order valence-corrected chi connectivity index (χ3v) is 5.58. The summed E-state index contributed by atoms with van der Waals surface area (Å²) in [6.07, 6.45) is 1.48. The molecule has 0 saturated carbocycles. The van der Waals surface area contributed by atoms with E-state index in [1.165, 1.54) is 12.3 Å². The summed E-state index contributed by atoms with van der Waals surface area (Å²) in [5, 5.41) is 5.40. The van der Waals surface area contributed by atoms with E-state index >= 15 is 0 Å². The van der Waals surface area contributed by atoms with Crippen LogP contribution in [0.1, 0.15) is 11.1 Å². The summed E-state index contributed by atoms with van der Waals surface area (Å²) in [4.78, 5) is 12.0. The number of methoxy groups -OCH3 is 1. The maximum Gasteiger partial charge on any atom is 0.277 e. The number of hydrazone groups is 1. The molecule has 0 unspecified atom stereocenters. The van der Waals surface area contributed by atoms with Crippen LogP contribution in [-0.4, -0.2) is 25.8 Å². The van der Waals surface area contributed by atoms with Gasteiger partial charge in [0.2, 0.25) is 0 Å². The molecule has 0 bridgehead atoms. The Morgan fingerprint density at radius 3 is 2.42 bits per heavy atom. The molecule has 0 aliphatic carbocycles. The molecule has 0 aliphatic rings. The number of nitrogens with zero attached hydrogens (tertiary/aromatic N) is 1. The lowest BCUT2D eigenvalue weighted by molar-refractivity contribution is -0.123. The predicted molar refractivity (Wildman–Crippen MR) is 134 cm³/mol. The zero-order valence-electron chi connectivity index (χ0n) is 17.3. The quantitative estimate of drug-likeness (QED) is 0.234. The van der Waals surface area contributed by atoms with Crippen LogP contribution in [0.2, 0.25) is 15.1 Å². The van der Waals surface area contributed by atoms with Crippen molar-refractivity contribution >= 4 is 62.9 Å². The second kappa shape index (κ2) is 12.1. The fourth-order valence-electron chi connectivity index (χ4n) is 2.64. The first kappa shape index (κ1) is 25.2. The highest BCUT2D eigenvalue weighted by Crippen LogP contribution is 2.37. The molecule has 0 atom stereocenters. The number of carbonyl (C=O) groups excluding carboxylic acids is 1. The molecule has 172 valence electrons. The number of amides is 1. The third-order valence-electron chi connectivity index (χ3n) is 4.20. The van der Waals surface area contributed by atoms with Gasteiger partial charge in [0.1, 0.15) is 12.4 Å². The van der Waals surface area contributed by atoms with E-state index in [0.717, 1.165) is 5.56 Å². The summed E-state index contributed by atoms with van der Waals surface area (Å²) in [6.45, 7) is 0.0798. The number of rotatable bonds is 9. The van der Waals surface area contributed by atoms with Crippen molar-refractivity contribution in [2.24, 2.45) is 5.10 Å². The number of carbonyl (C=O) groups is 1. The Morgan fingerprint density at radius 1 is 1.00 bits per heavy atom. The number of ether oxygens (including phenoxy) is 3. The van der Waals surface area contributed by atoms with Crippen molar-refractivity contribution in [3.63, 3.8) is 0 Å². The van der Waals surface area contributed by atoms with E-state index in [0.29, 0.717) is 49.0 Å². The highest BCUT2D eigenvalue weighted by Gasteiger charge is 2.12. The molecule has 3 aromatic rings. The van der Waals surface area contributed by atoms with Gasteiger partial charge in [0.15, 0.2) is 18.1 Å². The molecule has 3 aromatic carbocycles. The van der Waals surface area contributed by atoms with Gasteiger partial charge >= 0.3 is 0 Å². The molecule has 0 saturated heterocycles. The molecule has 10 heteroatoms. The summed E-state index contributed by atoms with van der Waals surface area (Å²) in [6, 6.07) is 15.6. The number of benzene rings is 3. The first-order valence-electron chi connectivity index (χ1n) is 9.50. The van der Waals surface area contributed by atoms with Crippen LogP contribution < -0.4 is 19.6 Å². The first-order valence-corrected chi connectivity index (χ1v) is 11.4. The van der Waals surface area contributed by atoms with Crippen LogP contribution in [0, 0.1) is 0 Å². The largest absolute Gasteiger partial charge is 0.493 e. The second-order valence-corrected chi connectivity index (χ2v) is 8.74. The van der Waals surface area contributed by atoms with Gasteiger partial charge in [-0.2, -0.15) is 5.10 Å². The molecule has 0 heterocycles. The van der Waals surface area contributed by atoms with Gasteiger partial charge in [-0.15, -0.1) is 0 Å². The van der Waals surface area contributed by atoms with Crippen molar-refractivity contribution in [2.75, 3.05) is 13.7 Å². The van der Waals surface area contributed by atoms with Crippen LogP contribution in [0.4, 0.5) is 0 Å². The van der Waals surface area contributed by atoms with E-state index in [1.807, 2.05) is 12.1 Å². The summed E-state index contributed by atoms with van der Waals surface area (Å²) >= 11 is 21.3. The lowest BCUT2D eigenvalue weighted by Crippen LogP contribution is -2.24. The van der Waals surface area contributed by atoms with Crippen molar-refractivity contribution in [2.45, 2.75) is 6.61 Å². The molecule has 6 nitrogen and oxygen atoms in total. The Balaban J connectivity index is 1.58. The molecule has 1 N–H and O–H groups in total. The average molecular weight is 573 g/mol. The highest BCUT2D eigenvalue weighted by atomic mass is 79.9. The van der Waals surface area contributed by atoms with E-state index in [1.54, 1.807) is 43.5 Å². The van der Waals surface area contributed by atoms with Gasteiger partial charge in [0, 0.05) is 10.0 Å². The number of halogens is 4. The molecule has 0 aliphatic heterocycles. The van der Waals surface area contributed by atoms with Crippen LogP contribution in [0.5, 0.6) is 17.2 Å². The van der Waals surface area contributed by atoms with E-state index in [-0.39, 0.29) is 6.61 Å². The molecule has 1 amide bonds. The fraction of sp³-hybridized carbons (Fsp3) is 0.130. The van der Waals surface area contributed by atoms with Gasteiger partial charge in [-0.3, -0.25) is 4.79 Å². The fourth-order valence-corrected chi connectivity index (χ4v) is 3.80. The summed E-state index contributed by atoms with van der Waals surface area (Å²) in [7, 11) is 1.54. The van der Waals surface area contributed by atoms with Crippen LogP contribution in [0.25, 0.3) is 0 Å². The molecular weight excluding hydrogens is 555 g/mol. The van der Waals surface area contributed by atoms with Crippen LogP contribution >= 0.6 is 50.7 Å². The van der Waals surface area contributed by atoms with Crippen LogP contribution in [0.15, 0.2) is 64.2 Å². The lowest BCUT2D eigenvalue weighted by Gasteiger charge is -2.13. The molecule has 3 rings (SSSR count). The van der Waals surface area contributed by atoms with E-state index in [4.69, 9.17) is 49.0 Å². The van der Waals surface area contributed by atoms with E-state index in [2.05, 4.69) is 26.5 Å². The molecule has 0 aromatic heterocycles. The van der Waals surface area contributed by atoms with Crippen molar-refractivity contribution in [1.82, 2.24) is 5.43 Å². The Hall–Kier alpha value is -2.45. The van der Waals surface area contributed by atoms with Crippen molar-refractivity contribution < 1.29 is 19.0 Å². The number of hydrogen-bond acceptors (Lipinski definition) is 5. The number of hydrogen-bond donors (Lipinski definition) is 1. The molecule has 33 heavy (non-hydrogen) atoms. The SMILES string of the molecule is COc1cc(/C=N/NC(=O)COc2ccc(Cl)cc2Cl)cc(Br)c1OCc1ccc(Cl)cc1. The minimum Gasteiger partial charge on any atom is -0.493 e. The Labute approximate surface area is 214 Å². The van der Waals surface area contributed by atoms with Gasteiger partial charge in [-0.1, -0.05) is 46.9 Å².